The van der Waals surface area contributed by atoms with Gasteiger partial charge in [0.25, 0.3) is 11.8 Å². The molecule has 0 aliphatic rings. The van der Waals surface area contributed by atoms with Crippen LogP contribution in [0.1, 0.15) is 20.9 Å². The molecule has 2 aromatic heterocycles. The Hall–Kier alpha value is -4.13. The molecule has 7 heteroatoms. The molecule has 0 spiro atoms. The lowest BCUT2D eigenvalue weighted by atomic mass is 10.2. The Morgan fingerprint density at radius 1 is 0.857 bits per heavy atom. The molecule has 0 saturated carbocycles. The number of rotatable bonds is 5. The van der Waals surface area contributed by atoms with E-state index >= 15 is 0 Å². The lowest BCUT2D eigenvalue weighted by Crippen LogP contribution is -2.13. The predicted octanol–water partition coefficient (Wildman–Crippen LogP) is 3.97. The van der Waals surface area contributed by atoms with Crippen molar-refractivity contribution < 1.29 is 14.0 Å². The van der Waals surface area contributed by atoms with Gasteiger partial charge in [-0.25, -0.2) is 4.98 Å². The minimum atomic E-state index is -0.334. The summed E-state index contributed by atoms with van der Waals surface area (Å²) in [6.45, 7) is 0. The highest BCUT2D eigenvalue weighted by Gasteiger charge is 2.10. The fourth-order valence-electron chi connectivity index (χ4n) is 2.64. The number of hydrogen-bond donors (Lipinski definition) is 2. The molecule has 4 aromatic rings. The Bertz CT molecular complexity index is 1070. The first-order valence-corrected chi connectivity index (χ1v) is 8.54. The maximum atomic E-state index is 12.4. The number of benzene rings is 2. The third kappa shape index (κ3) is 3.83. The monoisotopic (exact) mass is 372 g/mol. The van der Waals surface area contributed by atoms with Gasteiger partial charge in [-0.15, -0.1) is 0 Å². The van der Waals surface area contributed by atoms with Gasteiger partial charge in [0.1, 0.15) is 0 Å². The Kier molecular flexibility index (Phi) is 4.71. The van der Waals surface area contributed by atoms with Crippen LogP contribution >= 0.6 is 0 Å². The molecule has 0 atom stereocenters. The van der Waals surface area contributed by atoms with E-state index in [4.69, 9.17) is 4.42 Å². The topological polar surface area (TPSA) is 89.2 Å². The molecule has 0 unspecified atom stereocenters. The Balaban J connectivity index is 1.38. The van der Waals surface area contributed by atoms with E-state index in [1.165, 1.54) is 6.26 Å². The lowest BCUT2D eigenvalue weighted by Gasteiger charge is -2.08. The van der Waals surface area contributed by atoms with Crippen molar-refractivity contribution in [3.63, 3.8) is 0 Å². The standard InChI is InChI=1S/C21H16N4O3/c26-20(15-3-9-18(10-4-15)25-12-11-22-14-25)23-16-5-7-17(8-6-16)24-21(27)19-2-1-13-28-19/h1-14H,(H,23,26)(H,24,27). The molecular formula is C21H16N4O3. The molecule has 2 N–H and O–H groups in total. The van der Waals surface area contributed by atoms with E-state index in [-0.39, 0.29) is 17.6 Å². The first kappa shape index (κ1) is 17.3. The molecule has 28 heavy (non-hydrogen) atoms. The van der Waals surface area contributed by atoms with Gasteiger partial charge in [-0.3, -0.25) is 9.59 Å². The molecule has 7 nitrogen and oxygen atoms in total. The van der Waals surface area contributed by atoms with Crippen molar-refractivity contribution in [3.05, 3.63) is 97.0 Å². The molecule has 0 bridgehead atoms. The fraction of sp³-hybridized carbons (Fsp3) is 0. The van der Waals surface area contributed by atoms with Gasteiger partial charge in [0.05, 0.1) is 12.6 Å². The van der Waals surface area contributed by atoms with Crippen LogP contribution in [0.15, 0.2) is 90.1 Å². The van der Waals surface area contributed by atoms with Crippen LogP contribution in [0.5, 0.6) is 0 Å². The van der Waals surface area contributed by atoms with E-state index in [0.717, 1.165) is 5.69 Å². The van der Waals surface area contributed by atoms with Gasteiger partial charge in [0.15, 0.2) is 5.76 Å². The number of carbonyl (C=O) groups excluding carboxylic acids is 2. The quantitative estimate of drug-likeness (QED) is 0.555. The van der Waals surface area contributed by atoms with Crippen LogP contribution in [0, 0.1) is 0 Å². The highest BCUT2D eigenvalue weighted by atomic mass is 16.3. The smallest absolute Gasteiger partial charge is 0.291 e. The molecule has 0 aliphatic heterocycles. The molecule has 138 valence electrons. The minimum absolute atomic E-state index is 0.218. The first-order chi connectivity index (χ1) is 13.7. The first-order valence-electron chi connectivity index (χ1n) is 8.54. The van der Waals surface area contributed by atoms with Crippen LogP contribution < -0.4 is 10.6 Å². The van der Waals surface area contributed by atoms with Crippen LogP contribution in [0.3, 0.4) is 0 Å². The zero-order chi connectivity index (χ0) is 19.3. The number of hydrogen-bond acceptors (Lipinski definition) is 4. The Morgan fingerprint density at radius 2 is 1.54 bits per heavy atom. The van der Waals surface area contributed by atoms with E-state index in [9.17, 15) is 9.59 Å². The van der Waals surface area contributed by atoms with Crippen LogP contribution in [0.4, 0.5) is 11.4 Å². The molecule has 0 radical (unpaired) electrons. The zero-order valence-corrected chi connectivity index (χ0v) is 14.7. The van der Waals surface area contributed by atoms with Crippen molar-refractivity contribution >= 4 is 23.2 Å². The van der Waals surface area contributed by atoms with Crippen molar-refractivity contribution in [1.82, 2.24) is 9.55 Å². The second kappa shape index (κ2) is 7.63. The van der Waals surface area contributed by atoms with Gasteiger partial charge in [0, 0.05) is 35.0 Å². The molecule has 2 heterocycles. The van der Waals surface area contributed by atoms with Gasteiger partial charge in [-0.2, -0.15) is 0 Å². The summed E-state index contributed by atoms with van der Waals surface area (Å²) >= 11 is 0. The summed E-state index contributed by atoms with van der Waals surface area (Å²) in [6, 6.07) is 17.3. The van der Waals surface area contributed by atoms with Crippen molar-refractivity contribution in [2.24, 2.45) is 0 Å². The summed E-state index contributed by atoms with van der Waals surface area (Å²) in [5.74, 6) is -0.319. The number of nitrogens with one attached hydrogen (secondary N) is 2. The second-order valence-corrected chi connectivity index (χ2v) is 5.98. The van der Waals surface area contributed by atoms with Gasteiger partial charge in [-0.1, -0.05) is 0 Å². The van der Waals surface area contributed by atoms with Crippen LogP contribution in [0.2, 0.25) is 0 Å². The summed E-state index contributed by atoms with van der Waals surface area (Å²) in [7, 11) is 0. The molecule has 0 aliphatic carbocycles. The number of anilines is 2. The summed E-state index contributed by atoms with van der Waals surface area (Å²) < 4.78 is 6.91. The van der Waals surface area contributed by atoms with Crippen LogP contribution in [0.25, 0.3) is 5.69 Å². The highest BCUT2D eigenvalue weighted by Crippen LogP contribution is 2.16. The van der Waals surface area contributed by atoms with Crippen LogP contribution in [-0.2, 0) is 0 Å². The molecule has 0 fully saturated rings. The largest absolute Gasteiger partial charge is 0.459 e. The highest BCUT2D eigenvalue weighted by molar-refractivity contribution is 6.05. The van der Waals surface area contributed by atoms with E-state index in [1.54, 1.807) is 61.1 Å². The van der Waals surface area contributed by atoms with Crippen LogP contribution in [-0.4, -0.2) is 21.4 Å². The minimum Gasteiger partial charge on any atom is -0.459 e. The summed E-state index contributed by atoms with van der Waals surface area (Å²) in [5, 5.41) is 5.55. The van der Waals surface area contributed by atoms with E-state index in [1.807, 2.05) is 22.9 Å². The van der Waals surface area contributed by atoms with Crippen molar-refractivity contribution in [2.45, 2.75) is 0 Å². The number of nitrogens with zero attached hydrogens (tertiary/aromatic N) is 2. The molecule has 4 rings (SSSR count). The average molecular weight is 372 g/mol. The fourth-order valence-corrected chi connectivity index (χ4v) is 2.64. The van der Waals surface area contributed by atoms with Gasteiger partial charge in [0.2, 0.25) is 0 Å². The maximum absolute atomic E-state index is 12.4. The molecule has 2 amide bonds. The average Bonchev–Trinajstić information content (AvgIpc) is 3.44. The van der Waals surface area contributed by atoms with Gasteiger partial charge in [-0.05, 0) is 60.7 Å². The molecular weight excluding hydrogens is 356 g/mol. The Morgan fingerprint density at radius 3 is 2.11 bits per heavy atom. The van der Waals surface area contributed by atoms with E-state index in [0.29, 0.717) is 16.9 Å². The number of furan rings is 1. The predicted molar refractivity (Wildman–Crippen MR) is 105 cm³/mol. The van der Waals surface area contributed by atoms with Crippen molar-refractivity contribution in [1.29, 1.82) is 0 Å². The van der Waals surface area contributed by atoms with Gasteiger partial charge >= 0.3 is 0 Å². The van der Waals surface area contributed by atoms with E-state index < -0.39 is 0 Å². The Labute approximate surface area is 160 Å². The number of amides is 2. The number of carbonyl (C=O) groups is 2. The van der Waals surface area contributed by atoms with E-state index in [2.05, 4.69) is 15.6 Å². The van der Waals surface area contributed by atoms with Crippen molar-refractivity contribution in [3.8, 4) is 5.69 Å². The summed E-state index contributed by atoms with van der Waals surface area (Å²) in [4.78, 5) is 28.4. The third-order valence-corrected chi connectivity index (χ3v) is 4.08. The van der Waals surface area contributed by atoms with Gasteiger partial charge < -0.3 is 19.6 Å². The van der Waals surface area contributed by atoms with Crippen molar-refractivity contribution in [2.75, 3.05) is 10.6 Å². The lowest BCUT2D eigenvalue weighted by molar-refractivity contribution is 0.0994. The summed E-state index contributed by atoms with van der Waals surface area (Å²) in [5.41, 5.74) is 2.69. The number of aromatic nitrogens is 2. The molecule has 0 saturated heterocycles. The third-order valence-electron chi connectivity index (χ3n) is 4.08. The molecule has 2 aromatic carbocycles. The second-order valence-electron chi connectivity index (χ2n) is 5.98. The SMILES string of the molecule is O=C(Nc1ccc(NC(=O)c2ccco2)cc1)c1ccc(-n2ccnc2)cc1. The zero-order valence-electron chi connectivity index (χ0n) is 14.7. The summed E-state index contributed by atoms with van der Waals surface area (Å²) in [6.07, 6.45) is 6.67. The maximum Gasteiger partial charge on any atom is 0.291 e. The normalized spacial score (nSPS) is 10.4. The number of imidazole rings is 1.